The van der Waals surface area contributed by atoms with Crippen LogP contribution in [0.2, 0.25) is 0 Å². The Labute approximate surface area is 114 Å². The maximum Gasteiger partial charge on any atom is 0.239 e. The molecule has 1 aromatic rings. The van der Waals surface area contributed by atoms with Crippen molar-refractivity contribution in [1.82, 2.24) is 9.97 Å². The van der Waals surface area contributed by atoms with E-state index in [-0.39, 0.29) is 11.2 Å². The lowest BCUT2D eigenvalue weighted by molar-refractivity contribution is -0.133. The smallest absolute Gasteiger partial charge is 0.239 e. The number of aromatic nitrogens is 2. The van der Waals surface area contributed by atoms with E-state index < -0.39 is 0 Å². The van der Waals surface area contributed by atoms with E-state index in [0.717, 1.165) is 24.5 Å². The predicted octanol–water partition coefficient (Wildman–Crippen LogP) is 1.46. The van der Waals surface area contributed by atoms with Crippen LogP contribution >= 0.6 is 0 Å². The summed E-state index contributed by atoms with van der Waals surface area (Å²) in [6, 6.07) is 0. The number of hydrogen-bond acceptors (Lipinski definition) is 6. The first-order valence-electron chi connectivity index (χ1n) is 6.48. The zero-order chi connectivity index (χ0) is 14.3. The van der Waals surface area contributed by atoms with Crippen molar-refractivity contribution < 1.29 is 4.74 Å². The minimum Gasteiger partial charge on any atom is -0.366 e. The fourth-order valence-electron chi connectivity index (χ4n) is 2.76. The summed E-state index contributed by atoms with van der Waals surface area (Å²) in [4.78, 5) is 10.8. The van der Waals surface area contributed by atoms with E-state index in [1.54, 1.807) is 6.20 Å². The van der Waals surface area contributed by atoms with Gasteiger partial charge in [-0.15, -0.1) is 0 Å². The molecule has 0 unspecified atom stereocenters. The van der Waals surface area contributed by atoms with Gasteiger partial charge in [-0.1, -0.05) is 0 Å². The predicted molar refractivity (Wildman–Crippen MR) is 76.0 cm³/mol. The molecule has 0 saturated carbocycles. The lowest BCUT2D eigenvalue weighted by Gasteiger charge is -2.47. The number of morpholine rings is 1. The van der Waals surface area contributed by atoms with Crippen LogP contribution in [0.25, 0.3) is 0 Å². The third-order valence-corrected chi connectivity index (χ3v) is 3.07. The molecule has 0 radical (unpaired) electrons. The number of anilines is 2. The highest BCUT2D eigenvalue weighted by atomic mass is 16.5. The van der Waals surface area contributed by atoms with Gasteiger partial charge in [0.1, 0.15) is 5.82 Å². The zero-order valence-corrected chi connectivity index (χ0v) is 12.3. The van der Waals surface area contributed by atoms with Gasteiger partial charge in [-0.05, 0) is 34.6 Å². The van der Waals surface area contributed by atoms with Crippen molar-refractivity contribution in [2.75, 3.05) is 23.4 Å². The number of ether oxygens (including phenoxy) is 1. The molecule has 19 heavy (non-hydrogen) atoms. The maximum atomic E-state index is 6.08. The lowest BCUT2D eigenvalue weighted by Crippen LogP contribution is -2.57. The first-order chi connectivity index (χ1) is 8.72. The minimum atomic E-state index is -0.213. The first-order valence-corrected chi connectivity index (χ1v) is 6.48. The molecule has 2 rings (SSSR count). The molecule has 1 aliphatic heterocycles. The van der Waals surface area contributed by atoms with Crippen LogP contribution in [-0.2, 0) is 4.74 Å². The molecule has 0 atom stereocenters. The van der Waals surface area contributed by atoms with Gasteiger partial charge in [0.2, 0.25) is 5.95 Å². The van der Waals surface area contributed by atoms with Gasteiger partial charge in [0.05, 0.1) is 11.2 Å². The number of nitrogens with one attached hydrogen (secondary N) is 1. The second-order valence-corrected chi connectivity index (χ2v) is 6.32. The Kier molecular flexibility index (Phi) is 3.40. The summed E-state index contributed by atoms with van der Waals surface area (Å²) in [5.41, 5.74) is 3.10. The van der Waals surface area contributed by atoms with E-state index in [0.29, 0.717) is 5.95 Å². The van der Waals surface area contributed by atoms with Gasteiger partial charge in [-0.2, -0.15) is 4.98 Å². The van der Waals surface area contributed by atoms with Crippen LogP contribution in [-0.4, -0.2) is 34.3 Å². The molecule has 0 spiro atoms. The molecular formula is C13H23N5O. The molecule has 0 aromatic carbocycles. The Morgan fingerprint density at radius 1 is 1.26 bits per heavy atom. The Morgan fingerprint density at radius 2 is 1.84 bits per heavy atom. The second-order valence-electron chi connectivity index (χ2n) is 6.32. The average molecular weight is 265 g/mol. The molecule has 0 amide bonds. The quantitative estimate of drug-likeness (QED) is 0.623. The SMILES string of the molecule is Cc1cnc(NN)nc1N1CC(C)(C)OC(C)(C)C1. The van der Waals surface area contributed by atoms with Gasteiger partial charge >= 0.3 is 0 Å². The van der Waals surface area contributed by atoms with Crippen molar-refractivity contribution in [3.05, 3.63) is 11.8 Å². The van der Waals surface area contributed by atoms with Gasteiger partial charge in [-0.3, -0.25) is 5.43 Å². The molecule has 3 N–H and O–H groups in total. The topological polar surface area (TPSA) is 76.3 Å². The number of aryl methyl sites for hydroxylation is 1. The molecule has 0 aliphatic carbocycles. The van der Waals surface area contributed by atoms with Crippen molar-refractivity contribution in [1.29, 1.82) is 0 Å². The number of hydrazine groups is 1. The van der Waals surface area contributed by atoms with Crippen molar-refractivity contribution >= 4 is 11.8 Å². The normalized spacial score (nSPS) is 21.3. The van der Waals surface area contributed by atoms with E-state index in [4.69, 9.17) is 10.6 Å². The van der Waals surface area contributed by atoms with Gasteiger partial charge < -0.3 is 9.64 Å². The van der Waals surface area contributed by atoms with Crippen molar-refractivity contribution in [2.45, 2.75) is 45.8 Å². The molecule has 1 aromatic heterocycles. The Hall–Kier alpha value is -1.40. The number of hydrogen-bond donors (Lipinski definition) is 2. The Balaban J connectivity index is 2.35. The van der Waals surface area contributed by atoms with Gasteiger partial charge in [0.25, 0.3) is 0 Å². The molecule has 2 heterocycles. The second kappa shape index (κ2) is 4.61. The van der Waals surface area contributed by atoms with E-state index in [1.165, 1.54) is 0 Å². The van der Waals surface area contributed by atoms with Crippen molar-refractivity contribution in [2.24, 2.45) is 5.84 Å². The average Bonchev–Trinajstić information content (AvgIpc) is 2.25. The standard InChI is InChI=1S/C13H23N5O/c1-9-6-15-11(17-14)16-10(9)18-7-12(2,3)19-13(4,5)8-18/h6H,7-8,14H2,1-5H3,(H,15,16,17). The van der Waals surface area contributed by atoms with Gasteiger partial charge in [0, 0.05) is 24.8 Å². The Bertz CT molecular complexity index is 456. The summed E-state index contributed by atoms with van der Waals surface area (Å²) >= 11 is 0. The highest BCUT2D eigenvalue weighted by Crippen LogP contribution is 2.31. The summed E-state index contributed by atoms with van der Waals surface area (Å²) in [6.45, 7) is 12.0. The fourth-order valence-corrected chi connectivity index (χ4v) is 2.76. The largest absolute Gasteiger partial charge is 0.366 e. The molecule has 1 fully saturated rings. The third kappa shape index (κ3) is 3.13. The Morgan fingerprint density at radius 3 is 2.37 bits per heavy atom. The molecule has 0 bridgehead atoms. The fraction of sp³-hybridized carbons (Fsp3) is 0.692. The minimum absolute atomic E-state index is 0.213. The van der Waals surface area contributed by atoms with Crippen LogP contribution in [0.5, 0.6) is 0 Å². The lowest BCUT2D eigenvalue weighted by atomic mass is 9.98. The first kappa shape index (κ1) is 14.0. The molecule has 1 saturated heterocycles. The van der Waals surface area contributed by atoms with E-state index >= 15 is 0 Å². The number of rotatable bonds is 2. The van der Waals surface area contributed by atoms with Crippen LogP contribution in [0.3, 0.4) is 0 Å². The summed E-state index contributed by atoms with van der Waals surface area (Å²) in [6.07, 6.45) is 1.78. The summed E-state index contributed by atoms with van der Waals surface area (Å²) in [7, 11) is 0. The summed E-state index contributed by atoms with van der Waals surface area (Å²) in [5, 5.41) is 0. The van der Waals surface area contributed by atoms with Crippen LogP contribution in [0, 0.1) is 6.92 Å². The van der Waals surface area contributed by atoms with Gasteiger partial charge in [-0.25, -0.2) is 10.8 Å². The summed E-state index contributed by atoms with van der Waals surface area (Å²) < 4.78 is 6.08. The molecule has 6 nitrogen and oxygen atoms in total. The molecule has 1 aliphatic rings. The van der Waals surface area contributed by atoms with E-state index in [9.17, 15) is 0 Å². The summed E-state index contributed by atoms with van der Waals surface area (Å²) in [5.74, 6) is 6.73. The molecule has 6 heteroatoms. The van der Waals surface area contributed by atoms with Crippen LogP contribution in [0.15, 0.2) is 6.20 Å². The van der Waals surface area contributed by atoms with Crippen molar-refractivity contribution in [3.8, 4) is 0 Å². The van der Waals surface area contributed by atoms with Crippen LogP contribution in [0.4, 0.5) is 11.8 Å². The molecule has 106 valence electrons. The van der Waals surface area contributed by atoms with Crippen molar-refractivity contribution in [3.63, 3.8) is 0 Å². The van der Waals surface area contributed by atoms with E-state index in [1.807, 2.05) is 6.92 Å². The van der Waals surface area contributed by atoms with Crippen LogP contribution < -0.4 is 16.2 Å². The number of nitrogens with two attached hydrogens (primary N) is 1. The monoisotopic (exact) mass is 265 g/mol. The molecular weight excluding hydrogens is 242 g/mol. The van der Waals surface area contributed by atoms with Crippen LogP contribution in [0.1, 0.15) is 33.3 Å². The van der Waals surface area contributed by atoms with Gasteiger partial charge in [0.15, 0.2) is 0 Å². The highest BCUT2D eigenvalue weighted by molar-refractivity contribution is 5.49. The highest BCUT2D eigenvalue weighted by Gasteiger charge is 2.39. The number of nitrogen functional groups attached to an aromatic ring is 1. The third-order valence-electron chi connectivity index (χ3n) is 3.07. The number of nitrogens with zero attached hydrogens (tertiary/aromatic N) is 3. The van der Waals surface area contributed by atoms with E-state index in [2.05, 4.69) is 48.0 Å². The maximum absolute atomic E-state index is 6.08. The zero-order valence-electron chi connectivity index (χ0n) is 12.3.